The molecule has 2 atom stereocenters. The van der Waals surface area contributed by atoms with Crippen molar-refractivity contribution in [3.05, 3.63) is 5.82 Å². The van der Waals surface area contributed by atoms with Crippen LogP contribution < -0.4 is 11.1 Å². The molecule has 1 heterocycles. The molecule has 1 aromatic rings. The summed E-state index contributed by atoms with van der Waals surface area (Å²) < 4.78 is 0. The Labute approximate surface area is 94.2 Å². The van der Waals surface area contributed by atoms with Gasteiger partial charge in [-0.2, -0.15) is 5.21 Å². The SMILES string of the molecule is CC(NC(=O)CC(N)C(C)C)c1nn[nH]n1. The summed E-state index contributed by atoms with van der Waals surface area (Å²) in [5, 5.41) is 16.1. The highest BCUT2D eigenvalue weighted by atomic mass is 16.1. The predicted molar refractivity (Wildman–Crippen MR) is 58.2 cm³/mol. The van der Waals surface area contributed by atoms with E-state index in [1.165, 1.54) is 0 Å². The summed E-state index contributed by atoms with van der Waals surface area (Å²) in [6.45, 7) is 5.77. The largest absolute Gasteiger partial charge is 0.346 e. The first kappa shape index (κ1) is 12.6. The number of hydrogen-bond donors (Lipinski definition) is 3. The van der Waals surface area contributed by atoms with Crippen LogP contribution in [0.5, 0.6) is 0 Å². The Morgan fingerprint density at radius 1 is 1.50 bits per heavy atom. The molecule has 1 aromatic heterocycles. The third-order valence-electron chi connectivity index (χ3n) is 2.40. The molecule has 7 nitrogen and oxygen atoms in total. The number of hydrogen-bond acceptors (Lipinski definition) is 5. The van der Waals surface area contributed by atoms with Gasteiger partial charge in [0, 0.05) is 12.5 Å². The first-order chi connectivity index (χ1) is 7.50. The lowest BCUT2D eigenvalue weighted by Crippen LogP contribution is -2.36. The summed E-state index contributed by atoms with van der Waals surface area (Å²) in [6.07, 6.45) is 0.305. The van der Waals surface area contributed by atoms with Gasteiger partial charge in [0.1, 0.15) is 0 Å². The summed E-state index contributed by atoms with van der Waals surface area (Å²) in [5.41, 5.74) is 5.80. The third kappa shape index (κ3) is 3.58. The molecule has 2 unspecified atom stereocenters. The van der Waals surface area contributed by atoms with Gasteiger partial charge in [-0.15, -0.1) is 10.2 Å². The first-order valence-corrected chi connectivity index (χ1v) is 5.29. The molecular formula is C9H18N6O. The van der Waals surface area contributed by atoms with Gasteiger partial charge in [0.2, 0.25) is 5.91 Å². The quantitative estimate of drug-likeness (QED) is 0.641. The van der Waals surface area contributed by atoms with Gasteiger partial charge >= 0.3 is 0 Å². The van der Waals surface area contributed by atoms with E-state index >= 15 is 0 Å². The van der Waals surface area contributed by atoms with Crippen LogP contribution in [-0.4, -0.2) is 32.6 Å². The minimum absolute atomic E-state index is 0.0986. The average molecular weight is 226 g/mol. The Hall–Kier alpha value is -1.50. The second-order valence-corrected chi connectivity index (χ2v) is 4.17. The van der Waals surface area contributed by atoms with E-state index in [9.17, 15) is 4.79 Å². The van der Waals surface area contributed by atoms with Crippen molar-refractivity contribution in [3.8, 4) is 0 Å². The van der Waals surface area contributed by atoms with Crippen molar-refractivity contribution >= 4 is 5.91 Å². The van der Waals surface area contributed by atoms with Crippen LogP contribution in [-0.2, 0) is 4.79 Å². The zero-order valence-electron chi connectivity index (χ0n) is 9.77. The summed E-state index contributed by atoms with van der Waals surface area (Å²) >= 11 is 0. The minimum Gasteiger partial charge on any atom is -0.346 e. The van der Waals surface area contributed by atoms with Gasteiger partial charge in [0.15, 0.2) is 5.82 Å². The van der Waals surface area contributed by atoms with Crippen molar-refractivity contribution in [2.24, 2.45) is 11.7 Å². The number of H-pyrrole nitrogens is 1. The molecule has 0 bridgehead atoms. The van der Waals surface area contributed by atoms with Crippen LogP contribution in [0.15, 0.2) is 0 Å². The number of rotatable bonds is 5. The Balaban J connectivity index is 2.40. The molecule has 0 aromatic carbocycles. The van der Waals surface area contributed by atoms with Crippen molar-refractivity contribution < 1.29 is 4.79 Å². The van der Waals surface area contributed by atoms with Gasteiger partial charge < -0.3 is 11.1 Å². The molecule has 1 rings (SSSR count). The highest BCUT2D eigenvalue weighted by Gasteiger charge is 2.17. The number of nitrogens with one attached hydrogen (secondary N) is 2. The smallest absolute Gasteiger partial charge is 0.222 e. The highest BCUT2D eigenvalue weighted by molar-refractivity contribution is 5.76. The van der Waals surface area contributed by atoms with Crippen molar-refractivity contribution in [2.45, 2.75) is 39.3 Å². The number of aromatic amines is 1. The monoisotopic (exact) mass is 226 g/mol. The van der Waals surface area contributed by atoms with E-state index in [1.807, 2.05) is 13.8 Å². The topological polar surface area (TPSA) is 110 Å². The van der Waals surface area contributed by atoms with Crippen LogP contribution in [0.1, 0.15) is 39.1 Å². The molecule has 0 aliphatic carbocycles. The number of carbonyl (C=O) groups is 1. The van der Waals surface area contributed by atoms with Crippen LogP contribution in [0.4, 0.5) is 0 Å². The molecule has 0 aliphatic heterocycles. The number of aromatic nitrogens is 4. The van der Waals surface area contributed by atoms with Crippen LogP contribution in [0, 0.1) is 5.92 Å². The molecule has 0 fully saturated rings. The Morgan fingerprint density at radius 3 is 2.69 bits per heavy atom. The van der Waals surface area contributed by atoms with E-state index in [0.717, 1.165) is 0 Å². The van der Waals surface area contributed by atoms with Gasteiger partial charge in [-0.1, -0.05) is 19.1 Å². The second kappa shape index (κ2) is 5.55. The van der Waals surface area contributed by atoms with Gasteiger partial charge in [0.05, 0.1) is 6.04 Å². The molecule has 16 heavy (non-hydrogen) atoms. The Kier molecular flexibility index (Phi) is 4.36. The molecule has 0 aliphatic rings. The standard InChI is InChI=1S/C9H18N6O/c1-5(2)7(10)4-8(16)11-6(3)9-12-14-15-13-9/h5-7H,4,10H2,1-3H3,(H,11,16)(H,12,13,14,15). The second-order valence-electron chi connectivity index (χ2n) is 4.17. The average Bonchev–Trinajstić information content (AvgIpc) is 2.69. The van der Waals surface area contributed by atoms with Crippen molar-refractivity contribution in [1.82, 2.24) is 25.9 Å². The van der Waals surface area contributed by atoms with Crippen molar-refractivity contribution in [1.29, 1.82) is 0 Å². The van der Waals surface area contributed by atoms with Crippen molar-refractivity contribution in [2.75, 3.05) is 0 Å². The molecule has 90 valence electrons. The number of carbonyl (C=O) groups excluding carboxylic acids is 1. The van der Waals surface area contributed by atoms with E-state index < -0.39 is 0 Å². The predicted octanol–water partition coefficient (Wildman–Crippen LogP) is -0.250. The first-order valence-electron chi connectivity index (χ1n) is 5.29. The van der Waals surface area contributed by atoms with Gasteiger partial charge in [-0.05, 0) is 12.8 Å². The van der Waals surface area contributed by atoms with E-state index in [1.54, 1.807) is 6.92 Å². The molecule has 1 amide bonds. The third-order valence-corrected chi connectivity index (χ3v) is 2.40. The fourth-order valence-electron chi connectivity index (χ4n) is 1.17. The fraction of sp³-hybridized carbons (Fsp3) is 0.778. The molecule has 4 N–H and O–H groups in total. The van der Waals surface area contributed by atoms with Crippen LogP contribution in [0.3, 0.4) is 0 Å². The number of tetrazole rings is 1. The summed E-state index contributed by atoms with van der Waals surface area (Å²) in [6, 6.07) is -0.386. The Morgan fingerprint density at radius 2 is 2.19 bits per heavy atom. The van der Waals surface area contributed by atoms with Crippen LogP contribution in [0.25, 0.3) is 0 Å². The number of amides is 1. The fourth-order valence-corrected chi connectivity index (χ4v) is 1.17. The number of nitrogens with zero attached hydrogens (tertiary/aromatic N) is 3. The summed E-state index contributed by atoms with van der Waals surface area (Å²) in [4.78, 5) is 11.6. The van der Waals surface area contributed by atoms with E-state index in [2.05, 4.69) is 25.9 Å². The van der Waals surface area contributed by atoms with Gasteiger partial charge in [-0.3, -0.25) is 4.79 Å². The van der Waals surface area contributed by atoms with Gasteiger partial charge in [0.25, 0.3) is 0 Å². The zero-order valence-corrected chi connectivity index (χ0v) is 9.77. The maximum Gasteiger partial charge on any atom is 0.222 e. The van der Waals surface area contributed by atoms with E-state index in [4.69, 9.17) is 5.73 Å². The molecule has 0 saturated carbocycles. The normalized spacial score (nSPS) is 14.8. The van der Waals surface area contributed by atoms with Crippen LogP contribution >= 0.6 is 0 Å². The number of nitrogens with two attached hydrogens (primary N) is 1. The highest BCUT2D eigenvalue weighted by Crippen LogP contribution is 2.06. The van der Waals surface area contributed by atoms with Crippen molar-refractivity contribution in [3.63, 3.8) is 0 Å². The van der Waals surface area contributed by atoms with E-state index in [-0.39, 0.29) is 23.9 Å². The van der Waals surface area contributed by atoms with Crippen LogP contribution in [0.2, 0.25) is 0 Å². The lowest BCUT2D eigenvalue weighted by molar-refractivity contribution is -0.122. The maximum atomic E-state index is 11.6. The maximum absolute atomic E-state index is 11.6. The summed E-state index contributed by atoms with van der Waals surface area (Å²) in [5.74, 6) is 0.649. The lowest BCUT2D eigenvalue weighted by atomic mass is 10.0. The molecular weight excluding hydrogens is 208 g/mol. The van der Waals surface area contributed by atoms with Gasteiger partial charge in [-0.25, -0.2) is 0 Å². The minimum atomic E-state index is -0.259. The lowest BCUT2D eigenvalue weighted by Gasteiger charge is -2.16. The molecule has 0 spiro atoms. The molecule has 7 heteroatoms. The summed E-state index contributed by atoms with van der Waals surface area (Å²) in [7, 11) is 0. The zero-order chi connectivity index (χ0) is 12.1. The molecule has 0 saturated heterocycles. The molecule has 0 radical (unpaired) electrons. The van der Waals surface area contributed by atoms with E-state index in [0.29, 0.717) is 12.2 Å². The Bertz CT molecular complexity index is 323.